The molecular weight excluding hydrogens is 408 g/mol. The highest BCUT2D eigenvalue weighted by molar-refractivity contribution is 8.16. The number of anilines is 1. The van der Waals surface area contributed by atoms with Crippen LogP contribution >= 0.6 is 11.8 Å². The summed E-state index contributed by atoms with van der Waals surface area (Å²) in [5.41, 5.74) is 2.69. The average molecular weight is 431 g/mol. The van der Waals surface area contributed by atoms with E-state index < -0.39 is 9.84 Å². The van der Waals surface area contributed by atoms with E-state index in [0.29, 0.717) is 10.9 Å². The lowest BCUT2D eigenvalue weighted by molar-refractivity contribution is -0.117. The van der Waals surface area contributed by atoms with Crippen LogP contribution in [0.1, 0.15) is 11.1 Å². The zero-order valence-electron chi connectivity index (χ0n) is 16.2. The Labute approximate surface area is 174 Å². The van der Waals surface area contributed by atoms with Crippen LogP contribution in [0.25, 0.3) is 0 Å². The second kappa shape index (κ2) is 7.84. The van der Waals surface area contributed by atoms with Crippen LogP contribution < -0.4 is 9.64 Å². The predicted molar refractivity (Wildman–Crippen MR) is 117 cm³/mol. The Morgan fingerprint density at radius 3 is 2.66 bits per heavy atom. The van der Waals surface area contributed by atoms with Crippen molar-refractivity contribution >= 4 is 38.4 Å². The highest BCUT2D eigenvalue weighted by atomic mass is 32.2. The minimum Gasteiger partial charge on any atom is -0.496 e. The number of amidine groups is 1. The number of rotatable bonds is 4. The first-order chi connectivity index (χ1) is 13.9. The molecule has 0 radical (unpaired) electrons. The number of ether oxygens (including phenoxy) is 1. The van der Waals surface area contributed by atoms with Crippen LogP contribution in [0, 0.1) is 6.92 Å². The van der Waals surface area contributed by atoms with Crippen LogP contribution in [0.4, 0.5) is 5.69 Å². The number of nitrogens with zero attached hydrogens (tertiary/aromatic N) is 2. The fraction of sp³-hybridized carbons (Fsp3) is 0.333. The molecule has 2 aromatic carbocycles. The number of hydrogen-bond acceptors (Lipinski definition) is 5. The van der Waals surface area contributed by atoms with Gasteiger partial charge in [-0.1, -0.05) is 48.2 Å². The number of para-hydroxylation sites is 2. The maximum absolute atomic E-state index is 12.7. The van der Waals surface area contributed by atoms with Gasteiger partial charge in [0.2, 0.25) is 0 Å². The van der Waals surface area contributed by atoms with Gasteiger partial charge in [-0.3, -0.25) is 4.79 Å². The Balaban J connectivity index is 1.66. The van der Waals surface area contributed by atoms with E-state index >= 15 is 0 Å². The first-order valence-corrected chi connectivity index (χ1v) is 12.0. The van der Waals surface area contributed by atoms with Gasteiger partial charge in [-0.25, -0.2) is 8.42 Å². The number of carbonyl (C=O) groups is 1. The Kier molecular flexibility index (Phi) is 5.40. The van der Waals surface area contributed by atoms with Gasteiger partial charge in [-0.2, -0.15) is 4.99 Å². The van der Waals surface area contributed by atoms with Crippen molar-refractivity contribution in [3.63, 3.8) is 0 Å². The van der Waals surface area contributed by atoms with Gasteiger partial charge < -0.3 is 9.64 Å². The van der Waals surface area contributed by atoms with Crippen LogP contribution in [-0.4, -0.2) is 49.4 Å². The second-order valence-electron chi connectivity index (χ2n) is 7.23. The molecule has 152 valence electrons. The fourth-order valence-electron chi connectivity index (χ4n) is 3.84. The van der Waals surface area contributed by atoms with Crippen LogP contribution in [0.5, 0.6) is 5.75 Å². The predicted octanol–water partition coefficient (Wildman–Crippen LogP) is 2.85. The van der Waals surface area contributed by atoms with Crippen molar-refractivity contribution in [1.82, 2.24) is 0 Å². The van der Waals surface area contributed by atoms with Crippen LogP contribution in [0.15, 0.2) is 53.5 Å². The Hall–Kier alpha value is -2.32. The molecule has 29 heavy (non-hydrogen) atoms. The number of benzene rings is 2. The smallest absolute Gasteiger partial charge is 0.252 e. The highest BCUT2D eigenvalue weighted by Crippen LogP contribution is 2.41. The van der Waals surface area contributed by atoms with Gasteiger partial charge in [0.25, 0.3) is 5.91 Å². The summed E-state index contributed by atoms with van der Waals surface area (Å²) in [4.78, 5) is 19.1. The van der Waals surface area contributed by atoms with Gasteiger partial charge in [0.05, 0.1) is 31.1 Å². The Bertz CT molecular complexity index is 1080. The number of carbonyl (C=O) groups excluding carboxylic acids is 1. The van der Waals surface area contributed by atoms with Crippen molar-refractivity contribution in [2.75, 3.05) is 23.5 Å². The molecule has 2 atom stereocenters. The lowest BCUT2D eigenvalue weighted by Crippen LogP contribution is -2.38. The van der Waals surface area contributed by atoms with Crippen molar-refractivity contribution < 1.29 is 17.9 Å². The third-order valence-electron chi connectivity index (χ3n) is 5.20. The number of thioether (sulfide) groups is 1. The zero-order valence-corrected chi connectivity index (χ0v) is 17.9. The maximum Gasteiger partial charge on any atom is 0.252 e. The van der Waals surface area contributed by atoms with Gasteiger partial charge in [0.1, 0.15) is 5.75 Å². The summed E-state index contributed by atoms with van der Waals surface area (Å²) >= 11 is 1.39. The molecule has 0 N–H and O–H groups in total. The molecule has 2 aromatic rings. The molecule has 2 heterocycles. The standard InChI is InChI=1S/C21H22N2O4S2/c1-14-7-3-5-9-16(14)23-17-12-29(25,26)13-19(17)28-21(23)22-20(24)11-15-8-4-6-10-18(15)27-2/h3-10,17,19H,11-13H2,1-2H3/t17-,19-/m1/s1. The SMILES string of the molecule is COc1ccccc1CC(=O)N=C1S[C@@H]2CS(=O)(=O)C[C@H]2N1c1ccccc1C. The summed E-state index contributed by atoms with van der Waals surface area (Å²) in [5.74, 6) is 0.570. The van der Waals surface area contributed by atoms with E-state index in [9.17, 15) is 13.2 Å². The van der Waals surface area contributed by atoms with Crippen molar-refractivity contribution in [3.05, 3.63) is 59.7 Å². The van der Waals surface area contributed by atoms with E-state index in [4.69, 9.17) is 4.74 Å². The second-order valence-corrected chi connectivity index (χ2v) is 10.6. The van der Waals surface area contributed by atoms with Gasteiger partial charge in [0.15, 0.2) is 15.0 Å². The zero-order chi connectivity index (χ0) is 20.6. The molecule has 2 saturated heterocycles. The molecule has 2 aliphatic rings. The number of methoxy groups -OCH3 is 1. The Morgan fingerprint density at radius 1 is 1.17 bits per heavy atom. The lowest BCUT2D eigenvalue weighted by atomic mass is 10.1. The van der Waals surface area contributed by atoms with E-state index in [0.717, 1.165) is 16.8 Å². The minimum absolute atomic E-state index is 0.0821. The molecule has 2 aliphatic heterocycles. The maximum atomic E-state index is 12.7. The third kappa shape index (κ3) is 4.04. The summed E-state index contributed by atoms with van der Waals surface area (Å²) in [7, 11) is -1.51. The molecular formula is C21H22N2O4S2. The van der Waals surface area contributed by atoms with E-state index in [1.807, 2.05) is 60.4 Å². The summed E-state index contributed by atoms with van der Waals surface area (Å²) in [6.45, 7) is 1.98. The quantitative estimate of drug-likeness (QED) is 0.743. The van der Waals surface area contributed by atoms with Crippen LogP contribution in [0.2, 0.25) is 0 Å². The number of hydrogen-bond donors (Lipinski definition) is 0. The fourth-order valence-corrected chi connectivity index (χ4v) is 7.76. The van der Waals surface area contributed by atoms with Crippen molar-refractivity contribution in [2.45, 2.75) is 24.6 Å². The molecule has 6 nitrogen and oxygen atoms in total. The highest BCUT2D eigenvalue weighted by Gasteiger charge is 2.49. The van der Waals surface area contributed by atoms with Crippen LogP contribution in [-0.2, 0) is 21.1 Å². The monoisotopic (exact) mass is 430 g/mol. The molecule has 0 aliphatic carbocycles. The summed E-state index contributed by atoms with van der Waals surface area (Å²) in [6, 6.07) is 14.9. The number of aliphatic imine (C=N–C) groups is 1. The lowest BCUT2D eigenvalue weighted by Gasteiger charge is -2.26. The minimum atomic E-state index is -3.09. The normalized spacial score (nSPS) is 23.9. The molecule has 4 rings (SSSR count). The summed E-state index contributed by atoms with van der Waals surface area (Å²) in [5, 5.41) is 0.460. The molecule has 2 fully saturated rings. The third-order valence-corrected chi connectivity index (χ3v) is 8.41. The van der Waals surface area contributed by atoms with Gasteiger partial charge in [-0.15, -0.1) is 0 Å². The molecule has 0 aromatic heterocycles. The number of amides is 1. The summed E-state index contributed by atoms with van der Waals surface area (Å²) in [6.07, 6.45) is 0.128. The van der Waals surface area contributed by atoms with Gasteiger partial charge in [-0.05, 0) is 24.6 Å². The topological polar surface area (TPSA) is 76.0 Å². The molecule has 0 saturated carbocycles. The molecule has 8 heteroatoms. The van der Waals surface area contributed by atoms with E-state index in [1.54, 1.807) is 7.11 Å². The van der Waals surface area contributed by atoms with E-state index in [2.05, 4.69) is 4.99 Å². The van der Waals surface area contributed by atoms with E-state index in [1.165, 1.54) is 11.8 Å². The molecule has 1 amide bonds. The largest absolute Gasteiger partial charge is 0.496 e. The number of fused-ring (bicyclic) bond motifs is 1. The van der Waals surface area contributed by atoms with Gasteiger partial charge in [0, 0.05) is 16.5 Å². The Morgan fingerprint density at radius 2 is 1.90 bits per heavy atom. The summed E-state index contributed by atoms with van der Waals surface area (Å²) < 4.78 is 29.7. The molecule has 0 spiro atoms. The number of sulfone groups is 1. The van der Waals surface area contributed by atoms with Crippen LogP contribution in [0.3, 0.4) is 0 Å². The van der Waals surface area contributed by atoms with Crippen molar-refractivity contribution in [1.29, 1.82) is 0 Å². The average Bonchev–Trinajstić information content (AvgIpc) is 3.13. The van der Waals surface area contributed by atoms with Crippen molar-refractivity contribution in [3.8, 4) is 5.75 Å². The number of aryl methyl sites for hydroxylation is 1. The molecule has 0 bridgehead atoms. The van der Waals surface area contributed by atoms with Crippen molar-refractivity contribution in [2.24, 2.45) is 4.99 Å². The first-order valence-electron chi connectivity index (χ1n) is 9.33. The van der Waals surface area contributed by atoms with Gasteiger partial charge >= 0.3 is 0 Å². The molecule has 0 unspecified atom stereocenters. The first kappa shape index (κ1) is 20.0. The van der Waals surface area contributed by atoms with E-state index in [-0.39, 0.29) is 35.1 Å².